The molecule has 28 heavy (non-hydrogen) atoms. The molecular formula is C21H22ClN3O3. The van der Waals surface area contributed by atoms with Crippen LogP contribution in [0.5, 0.6) is 5.75 Å². The summed E-state index contributed by atoms with van der Waals surface area (Å²) in [6, 6.07) is 13.2. The van der Waals surface area contributed by atoms with Crippen molar-refractivity contribution in [2.75, 3.05) is 43.0 Å². The fraction of sp³-hybridized carbons (Fsp3) is 0.333. The second-order valence-corrected chi connectivity index (χ2v) is 7.43. The highest BCUT2D eigenvalue weighted by atomic mass is 35.5. The van der Waals surface area contributed by atoms with Crippen LogP contribution in [0.3, 0.4) is 0 Å². The van der Waals surface area contributed by atoms with Crippen molar-refractivity contribution in [3.8, 4) is 5.75 Å². The third-order valence-corrected chi connectivity index (χ3v) is 5.36. The van der Waals surface area contributed by atoms with Gasteiger partial charge in [-0.15, -0.1) is 0 Å². The third-order valence-electron chi connectivity index (χ3n) is 5.11. The van der Waals surface area contributed by atoms with Gasteiger partial charge in [-0.05, 0) is 54.4 Å². The number of amides is 2. The molecule has 0 atom stereocenters. The number of nitrogens with zero attached hydrogens (tertiary/aromatic N) is 2. The zero-order valence-electron chi connectivity index (χ0n) is 15.5. The Bertz CT molecular complexity index is 885. The van der Waals surface area contributed by atoms with Crippen LogP contribution in [0.1, 0.15) is 12.0 Å². The molecule has 0 radical (unpaired) electrons. The van der Waals surface area contributed by atoms with E-state index in [1.165, 1.54) is 0 Å². The molecule has 0 spiro atoms. The van der Waals surface area contributed by atoms with Gasteiger partial charge in [0, 0.05) is 35.9 Å². The maximum absolute atomic E-state index is 12.5. The molecule has 2 aliphatic heterocycles. The summed E-state index contributed by atoms with van der Waals surface area (Å²) in [5.74, 6) is 0.914. The van der Waals surface area contributed by atoms with Gasteiger partial charge in [-0.25, -0.2) is 0 Å². The zero-order chi connectivity index (χ0) is 19.5. The Morgan fingerprint density at radius 3 is 2.64 bits per heavy atom. The van der Waals surface area contributed by atoms with Gasteiger partial charge in [0.15, 0.2) is 0 Å². The number of rotatable bonds is 5. The van der Waals surface area contributed by atoms with Crippen LogP contribution in [0.15, 0.2) is 42.5 Å². The van der Waals surface area contributed by atoms with Crippen molar-refractivity contribution in [1.82, 2.24) is 4.90 Å². The van der Waals surface area contributed by atoms with Gasteiger partial charge in [0.25, 0.3) is 0 Å². The van der Waals surface area contributed by atoms with Crippen LogP contribution < -0.4 is 15.0 Å². The maximum Gasteiger partial charge on any atom is 0.242 e. The molecule has 2 heterocycles. The summed E-state index contributed by atoms with van der Waals surface area (Å²) >= 11 is 5.93. The van der Waals surface area contributed by atoms with E-state index >= 15 is 0 Å². The number of nitrogens with one attached hydrogen (secondary N) is 1. The molecule has 4 rings (SSSR count). The lowest BCUT2D eigenvalue weighted by atomic mass is 10.0. The standard InChI is InChI=1S/C21H22ClN3O3/c22-16-2-4-17(5-3-16)25-10-9-24(21(27)14-25)11-12-28-18-6-7-19-15(13-18)1-8-20(26)23-19/h2-7,13H,1,8-12,14H2,(H,23,26). The normalized spacial score (nSPS) is 16.6. The second-order valence-electron chi connectivity index (χ2n) is 6.99. The number of carbonyl (C=O) groups is 2. The lowest BCUT2D eigenvalue weighted by Gasteiger charge is -2.35. The van der Waals surface area contributed by atoms with Gasteiger partial charge in [0.05, 0.1) is 13.1 Å². The molecule has 0 aliphatic carbocycles. The van der Waals surface area contributed by atoms with Crippen molar-refractivity contribution in [1.29, 1.82) is 0 Å². The number of aryl methyl sites for hydroxylation is 1. The van der Waals surface area contributed by atoms with Crippen LogP contribution >= 0.6 is 11.6 Å². The predicted molar refractivity (Wildman–Crippen MR) is 109 cm³/mol. The zero-order valence-corrected chi connectivity index (χ0v) is 16.2. The lowest BCUT2D eigenvalue weighted by molar-refractivity contribution is -0.131. The maximum atomic E-state index is 12.5. The molecule has 1 fully saturated rings. The molecule has 2 amide bonds. The van der Waals surface area contributed by atoms with Crippen LogP contribution in [0.2, 0.25) is 5.02 Å². The van der Waals surface area contributed by atoms with E-state index in [2.05, 4.69) is 10.2 Å². The van der Waals surface area contributed by atoms with E-state index in [4.69, 9.17) is 16.3 Å². The van der Waals surface area contributed by atoms with Gasteiger partial charge in [-0.2, -0.15) is 0 Å². The van der Waals surface area contributed by atoms with Crippen LogP contribution in [-0.4, -0.2) is 49.5 Å². The number of halogens is 1. The first-order valence-corrected chi connectivity index (χ1v) is 9.80. The smallest absolute Gasteiger partial charge is 0.242 e. The van der Waals surface area contributed by atoms with Gasteiger partial charge in [-0.1, -0.05) is 11.6 Å². The Kier molecular flexibility index (Phi) is 5.39. The molecule has 146 valence electrons. The largest absolute Gasteiger partial charge is 0.492 e. The van der Waals surface area contributed by atoms with Gasteiger partial charge < -0.3 is 19.9 Å². The van der Waals surface area contributed by atoms with Gasteiger partial charge in [-0.3, -0.25) is 9.59 Å². The number of hydrogen-bond donors (Lipinski definition) is 1. The van der Waals surface area contributed by atoms with Crippen LogP contribution in [0, 0.1) is 0 Å². The fourth-order valence-electron chi connectivity index (χ4n) is 3.54. The van der Waals surface area contributed by atoms with Crippen LogP contribution in [0.25, 0.3) is 0 Å². The summed E-state index contributed by atoms with van der Waals surface area (Å²) in [6.07, 6.45) is 1.23. The fourth-order valence-corrected chi connectivity index (χ4v) is 3.67. The van der Waals surface area contributed by atoms with Crippen molar-refractivity contribution >= 4 is 34.8 Å². The van der Waals surface area contributed by atoms with Crippen molar-refractivity contribution in [3.63, 3.8) is 0 Å². The third kappa shape index (κ3) is 4.22. The number of ether oxygens (including phenoxy) is 1. The SMILES string of the molecule is O=C1CCc2cc(OCCN3CCN(c4ccc(Cl)cc4)CC3=O)ccc2N1. The summed E-state index contributed by atoms with van der Waals surface area (Å²) in [4.78, 5) is 27.8. The Labute approximate surface area is 169 Å². The highest BCUT2D eigenvalue weighted by Gasteiger charge is 2.24. The van der Waals surface area contributed by atoms with Crippen molar-refractivity contribution in [3.05, 3.63) is 53.1 Å². The predicted octanol–water partition coefficient (Wildman–Crippen LogP) is 2.95. The first-order chi connectivity index (χ1) is 13.6. The van der Waals surface area contributed by atoms with Gasteiger partial charge >= 0.3 is 0 Å². The average Bonchev–Trinajstić information content (AvgIpc) is 2.70. The summed E-state index contributed by atoms with van der Waals surface area (Å²) in [5.41, 5.74) is 2.96. The quantitative estimate of drug-likeness (QED) is 0.839. The van der Waals surface area contributed by atoms with Gasteiger partial charge in [0.1, 0.15) is 12.4 Å². The number of hydrogen-bond acceptors (Lipinski definition) is 4. The summed E-state index contributed by atoms with van der Waals surface area (Å²) in [5, 5.41) is 3.55. The van der Waals surface area contributed by atoms with E-state index in [-0.39, 0.29) is 11.8 Å². The minimum absolute atomic E-state index is 0.0532. The molecule has 2 aliphatic rings. The molecule has 1 N–H and O–H groups in total. The van der Waals surface area contributed by atoms with E-state index in [9.17, 15) is 9.59 Å². The number of benzene rings is 2. The number of piperazine rings is 1. The Hall–Kier alpha value is -2.73. The minimum Gasteiger partial charge on any atom is -0.492 e. The molecule has 6 nitrogen and oxygen atoms in total. The van der Waals surface area contributed by atoms with E-state index < -0.39 is 0 Å². The molecular weight excluding hydrogens is 378 g/mol. The molecule has 0 bridgehead atoms. The van der Waals surface area contributed by atoms with Crippen molar-refractivity contribution in [2.45, 2.75) is 12.8 Å². The van der Waals surface area contributed by atoms with Crippen molar-refractivity contribution < 1.29 is 14.3 Å². The Balaban J connectivity index is 1.27. The highest BCUT2D eigenvalue weighted by molar-refractivity contribution is 6.30. The second kappa shape index (κ2) is 8.10. The Morgan fingerprint density at radius 2 is 1.86 bits per heavy atom. The molecule has 1 saturated heterocycles. The number of carbonyl (C=O) groups excluding carboxylic acids is 2. The average molecular weight is 400 g/mol. The molecule has 7 heteroatoms. The topological polar surface area (TPSA) is 61.9 Å². The molecule has 2 aromatic carbocycles. The first kappa shape index (κ1) is 18.6. The van der Waals surface area contributed by atoms with E-state index in [1.807, 2.05) is 47.4 Å². The summed E-state index contributed by atoms with van der Waals surface area (Å²) in [6.45, 7) is 2.81. The summed E-state index contributed by atoms with van der Waals surface area (Å²) in [7, 11) is 0. The van der Waals surface area contributed by atoms with Crippen LogP contribution in [0.4, 0.5) is 11.4 Å². The monoisotopic (exact) mass is 399 g/mol. The Morgan fingerprint density at radius 1 is 1.04 bits per heavy atom. The first-order valence-electron chi connectivity index (χ1n) is 9.42. The van der Waals surface area contributed by atoms with Gasteiger partial charge in [0.2, 0.25) is 11.8 Å². The van der Waals surface area contributed by atoms with E-state index in [0.29, 0.717) is 37.7 Å². The molecule has 2 aromatic rings. The minimum atomic E-state index is 0.0532. The molecule has 0 saturated carbocycles. The van der Waals surface area contributed by atoms with E-state index in [0.717, 1.165) is 35.7 Å². The number of fused-ring (bicyclic) bond motifs is 1. The molecule has 0 aromatic heterocycles. The van der Waals surface area contributed by atoms with Crippen LogP contribution in [-0.2, 0) is 16.0 Å². The number of anilines is 2. The van der Waals surface area contributed by atoms with Crippen molar-refractivity contribution in [2.24, 2.45) is 0 Å². The molecule has 0 unspecified atom stereocenters. The van der Waals surface area contributed by atoms with E-state index in [1.54, 1.807) is 0 Å². The highest BCUT2D eigenvalue weighted by Crippen LogP contribution is 2.27. The lowest BCUT2D eigenvalue weighted by Crippen LogP contribution is -2.51. The summed E-state index contributed by atoms with van der Waals surface area (Å²) < 4.78 is 5.84.